The second-order valence-electron chi connectivity index (χ2n) is 5.83. The Kier molecular flexibility index (Phi) is 4.89. The van der Waals surface area contributed by atoms with E-state index in [0.717, 1.165) is 18.9 Å². The SMILES string of the molecule is CC(C)Cn1ncnc1Cn1cc(CNC(C)C)cn1. The van der Waals surface area contributed by atoms with E-state index in [1.807, 2.05) is 15.6 Å². The van der Waals surface area contributed by atoms with Crippen molar-refractivity contribution in [3.8, 4) is 0 Å². The van der Waals surface area contributed by atoms with Gasteiger partial charge in [-0.1, -0.05) is 27.7 Å². The van der Waals surface area contributed by atoms with Gasteiger partial charge in [0.15, 0.2) is 0 Å². The summed E-state index contributed by atoms with van der Waals surface area (Å²) < 4.78 is 3.87. The number of nitrogens with zero attached hydrogens (tertiary/aromatic N) is 5. The topological polar surface area (TPSA) is 60.6 Å². The van der Waals surface area contributed by atoms with Gasteiger partial charge in [-0.15, -0.1) is 0 Å². The molecule has 2 heterocycles. The summed E-state index contributed by atoms with van der Waals surface area (Å²) in [6.07, 6.45) is 5.57. The van der Waals surface area contributed by atoms with E-state index in [1.54, 1.807) is 6.33 Å². The molecule has 0 saturated carbocycles. The lowest BCUT2D eigenvalue weighted by atomic mass is 10.2. The van der Waals surface area contributed by atoms with Gasteiger partial charge in [0.25, 0.3) is 0 Å². The molecule has 0 aliphatic heterocycles. The minimum atomic E-state index is 0.479. The smallest absolute Gasteiger partial charge is 0.148 e. The zero-order valence-corrected chi connectivity index (χ0v) is 12.7. The summed E-state index contributed by atoms with van der Waals surface area (Å²) in [6, 6.07) is 0.479. The van der Waals surface area contributed by atoms with Crippen LogP contribution >= 0.6 is 0 Å². The van der Waals surface area contributed by atoms with Crippen molar-refractivity contribution in [2.45, 2.75) is 53.4 Å². The van der Waals surface area contributed by atoms with E-state index in [4.69, 9.17) is 0 Å². The van der Waals surface area contributed by atoms with Gasteiger partial charge in [0.05, 0.1) is 6.20 Å². The van der Waals surface area contributed by atoms with E-state index in [9.17, 15) is 0 Å². The van der Waals surface area contributed by atoms with E-state index in [1.165, 1.54) is 5.56 Å². The van der Waals surface area contributed by atoms with Crippen LogP contribution in [0.5, 0.6) is 0 Å². The molecule has 0 aliphatic carbocycles. The van der Waals surface area contributed by atoms with Crippen LogP contribution in [0.15, 0.2) is 18.7 Å². The standard InChI is InChI=1S/C14H24N6/c1-11(2)7-20-14(16-10-18-20)9-19-8-13(6-17-19)5-15-12(3)4/h6,8,10-12,15H,5,7,9H2,1-4H3. The Morgan fingerprint density at radius 2 is 2.00 bits per heavy atom. The van der Waals surface area contributed by atoms with Crippen molar-refractivity contribution in [2.24, 2.45) is 5.92 Å². The lowest BCUT2D eigenvalue weighted by Gasteiger charge is -2.08. The molecular weight excluding hydrogens is 252 g/mol. The van der Waals surface area contributed by atoms with Crippen molar-refractivity contribution in [2.75, 3.05) is 0 Å². The van der Waals surface area contributed by atoms with Gasteiger partial charge >= 0.3 is 0 Å². The van der Waals surface area contributed by atoms with Gasteiger partial charge in [-0.05, 0) is 5.92 Å². The maximum Gasteiger partial charge on any atom is 0.148 e. The van der Waals surface area contributed by atoms with Crippen LogP contribution in [0.4, 0.5) is 0 Å². The molecule has 20 heavy (non-hydrogen) atoms. The maximum absolute atomic E-state index is 4.38. The summed E-state index contributed by atoms with van der Waals surface area (Å²) in [7, 11) is 0. The second-order valence-corrected chi connectivity index (χ2v) is 5.83. The van der Waals surface area contributed by atoms with Gasteiger partial charge in [-0.25, -0.2) is 9.67 Å². The number of hydrogen-bond acceptors (Lipinski definition) is 4. The van der Waals surface area contributed by atoms with Crippen LogP contribution in [0.3, 0.4) is 0 Å². The molecule has 6 nitrogen and oxygen atoms in total. The van der Waals surface area contributed by atoms with Crippen molar-refractivity contribution in [3.05, 3.63) is 30.1 Å². The van der Waals surface area contributed by atoms with E-state index >= 15 is 0 Å². The molecule has 6 heteroatoms. The van der Waals surface area contributed by atoms with Crippen LogP contribution < -0.4 is 5.32 Å². The van der Waals surface area contributed by atoms with Gasteiger partial charge in [-0.3, -0.25) is 4.68 Å². The van der Waals surface area contributed by atoms with Crippen molar-refractivity contribution >= 4 is 0 Å². The minimum absolute atomic E-state index is 0.479. The molecule has 0 aromatic carbocycles. The second kappa shape index (κ2) is 6.65. The molecule has 0 fully saturated rings. The molecule has 0 radical (unpaired) electrons. The fourth-order valence-corrected chi connectivity index (χ4v) is 1.96. The van der Waals surface area contributed by atoms with Crippen molar-refractivity contribution < 1.29 is 0 Å². The van der Waals surface area contributed by atoms with Crippen LogP contribution in [-0.2, 0) is 19.6 Å². The Labute approximate surface area is 120 Å². The number of hydrogen-bond donors (Lipinski definition) is 1. The third kappa shape index (κ3) is 4.16. The summed E-state index contributed by atoms with van der Waals surface area (Å²) in [6.45, 7) is 11.0. The van der Waals surface area contributed by atoms with Gasteiger partial charge in [-0.2, -0.15) is 10.2 Å². The number of rotatable bonds is 7. The highest BCUT2D eigenvalue weighted by Gasteiger charge is 2.08. The van der Waals surface area contributed by atoms with E-state index in [2.05, 4.69) is 54.4 Å². The molecule has 0 atom stereocenters. The molecule has 2 aromatic heterocycles. The fraction of sp³-hybridized carbons (Fsp3) is 0.643. The molecule has 0 amide bonds. The van der Waals surface area contributed by atoms with E-state index < -0.39 is 0 Å². The molecular formula is C14H24N6. The number of nitrogens with one attached hydrogen (secondary N) is 1. The third-order valence-electron chi connectivity index (χ3n) is 2.94. The summed E-state index contributed by atoms with van der Waals surface area (Å²) in [5.74, 6) is 1.50. The fourth-order valence-electron chi connectivity index (χ4n) is 1.96. The number of aromatic nitrogens is 5. The van der Waals surface area contributed by atoms with Crippen molar-refractivity contribution in [1.82, 2.24) is 29.9 Å². The first-order valence-electron chi connectivity index (χ1n) is 7.16. The van der Waals surface area contributed by atoms with E-state index in [-0.39, 0.29) is 0 Å². The highest BCUT2D eigenvalue weighted by Crippen LogP contribution is 2.05. The molecule has 1 N–H and O–H groups in total. The van der Waals surface area contributed by atoms with Crippen molar-refractivity contribution in [1.29, 1.82) is 0 Å². The van der Waals surface area contributed by atoms with Gasteiger partial charge in [0.1, 0.15) is 18.7 Å². The monoisotopic (exact) mass is 276 g/mol. The first kappa shape index (κ1) is 14.7. The normalized spacial score (nSPS) is 11.7. The highest BCUT2D eigenvalue weighted by atomic mass is 15.4. The molecule has 0 unspecified atom stereocenters. The Hall–Kier alpha value is -1.69. The molecule has 0 bridgehead atoms. The largest absolute Gasteiger partial charge is 0.310 e. The summed E-state index contributed by atoms with van der Waals surface area (Å²) >= 11 is 0. The lowest BCUT2D eigenvalue weighted by Crippen LogP contribution is -2.21. The molecule has 110 valence electrons. The van der Waals surface area contributed by atoms with Crippen LogP contribution in [0.1, 0.15) is 39.1 Å². The molecule has 0 spiro atoms. The lowest BCUT2D eigenvalue weighted by molar-refractivity contribution is 0.456. The Balaban J connectivity index is 1.98. The zero-order valence-electron chi connectivity index (χ0n) is 12.7. The Morgan fingerprint density at radius 3 is 2.70 bits per heavy atom. The van der Waals surface area contributed by atoms with Gasteiger partial charge in [0, 0.05) is 30.9 Å². The third-order valence-corrected chi connectivity index (χ3v) is 2.94. The average Bonchev–Trinajstić information content (AvgIpc) is 2.97. The quantitative estimate of drug-likeness (QED) is 0.836. The van der Waals surface area contributed by atoms with Crippen LogP contribution in [0.25, 0.3) is 0 Å². The molecule has 2 rings (SSSR count). The predicted molar refractivity (Wildman–Crippen MR) is 78.2 cm³/mol. The Bertz CT molecular complexity index is 525. The van der Waals surface area contributed by atoms with Gasteiger partial charge in [0.2, 0.25) is 0 Å². The molecule has 0 aliphatic rings. The Morgan fingerprint density at radius 1 is 1.20 bits per heavy atom. The summed E-state index contributed by atoms with van der Waals surface area (Å²) in [4.78, 5) is 4.32. The van der Waals surface area contributed by atoms with Crippen LogP contribution in [-0.4, -0.2) is 30.6 Å². The average molecular weight is 276 g/mol. The highest BCUT2D eigenvalue weighted by molar-refractivity contribution is 5.04. The molecule has 0 saturated heterocycles. The maximum atomic E-state index is 4.38. The van der Waals surface area contributed by atoms with Crippen molar-refractivity contribution in [3.63, 3.8) is 0 Å². The summed E-state index contributed by atoms with van der Waals surface area (Å²) in [5.41, 5.74) is 1.19. The van der Waals surface area contributed by atoms with E-state index in [0.29, 0.717) is 18.5 Å². The first-order chi connectivity index (χ1) is 9.54. The predicted octanol–water partition coefficient (Wildman–Crippen LogP) is 1.68. The molecule has 2 aromatic rings. The van der Waals surface area contributed by atoms with Gasteiger partial charge < -0.3 is 5.32 Å². The summed E-state index contributed by atoms with van der Waals surface area (Å²) in [5, 5.41) is 12.0. The van der Waals surface area contributed by atoms with Crippen LogP contribution in [0, 0.1) is 5.92 Å². The first-order valence-corrected chi connectivity index (χ1v) is 7.16. The zero-order chi connectivity index (χ0) is 14.5. The van der Waals surface area contributed by atoms with Crippen LogP contribution in [0.2, 0.25) is 0 Å². The minimum Gasteiger partial charge on any atom is -0.310 e.